The van der Waals surface area contributed by atoms with E-state index in [0.717, 1.165) is 0 Å². The molecule has 0 aliphatic heterocycles. The molecule has 0 atom stereocenters. The van der Waals surface area contributed by atoms with E-state index in [0.29, 0.717) is 0 Å². The van der Waals surface area contributed by atoms with E-state index in [9.17, 15) is 263 Å². The monoisotopic (exact) mass is 1670 g/mol. The van der Waals surface area contributed by atoms with Gasteiger partial charge in [-0.1, -0.05) is 0 Å². The standard InChI is InChI=1S/3C8HF17O3S.Yb/c3*9-1(10,3(13,14)5(17,18)7(21,22)23)2(11,12)4(15,16)6(19,20)8(24,25)29(26,27)28;/h3*(H,26,27,28);/q;;;+3/p-3. The first-order valence-corrected chi connectivity index (χ1v) is 21.2. The molecule has 0 spiro atoms. The zero-order chi connectivity index (χ0) is 73.5. The number of rotatable bonds is 21. The molecular formula is C24F51O9S3Yb. The summed E-state index contributed by atoms with van der Waals surface area (Å²) in [5.41, 5.74) is 0. The van der Waals surface area contributed by atoms with Crippen molar-refractivity contribution in [2.45, 2.75) is 141 Å². The predicted octanol–water partition coefficient (Wildman–Crippen LogP) is 13.5. The van der Waals surface area contributed by atoms with Gasteiger partial charge in [-0.25, -0.2) is 25.3 Å². The molecule has 0 amide bonds. The van der Waals surface area contributed by atoms with E-state index in [2.05, 4.69) is 0 Å². The van der Waals surface area contributed by atoms with Crippen LogP contribution in [0.15, 0.2) is 0 Å². The summed E-state index contributed by atoms with van der Waals surface area (Å²) in [6.07, 6.45) is -23.7. The number of hydrogen-bond donors (Lipinski definition) is 0. The van der Waals surface area contributed by atoms with E-state index >= 15 is 0 Å². The Bertz CT molecular complexity index is 2500. The molecule has 0 unspecified atom stereocenters. The van der Waals surface area contributed by atoms with E-state index in [4.69, 9.17) is 0 Å². The summed E-state index contributed by atoms with van der Waals surface area (Å²) in [7, 11) is -24.4. The average Bonchev–Trinajstić information content (AvgIpc) is 3.23. The molecule has 0 N–H and O–H groups in total. The summed E-state index contributed by atoms with van der Waals surface area (Å²) in [5, 5.41) is -23.9. The minimum Gasteiger partial charge on any atom is -0.743 e. The molecule has 0 rings (SSSR count). The van der Waals surface area contributed by atoms with Crippen molar-refractivity contribution in [3.63, 3.8) is 0 Å². The Morgan fingerprint density at radius 2 is 0.216 bits per heavy atom. The van der Waals surface area contributed by atoms with Gasteiger partial charge in [0.05, 0.1) is 0 Å². The summed E-state index contributed by atoms with van der Waals surface area (Å²) >= 11 is 0. The van der Waals surface area contributed by atoms with E-state index in [-0.39, 0.29) is 46.9 Å². The number of alkyl halides is 51. The van der Waals surface area contributed by atoms with Crippen molar-refractivity contribution >= 4 is 30.4 Å². The molecule has 88 heavy (non-hydrogen) atoms. The van der Waals surface area contributed by atoms with Gasteiger partial charge in [-0.2, -0.15) is 224 Å². The van der Waals surface area contributed by atoms with Gasteiger partial charge >= 0.3 is 188 Å². The molecule has 0 bridgehead atoms. The van der Waals surface area contributed by atoms with Gasteiger partial charge in [-0.3, -0.25) is 0 Å². The SMILES string of the molecule is O=S(=O)([O-])C(F)(F)C(F)(F)C(F)(F)C(F)(F)C(F)(F)C(F)(F)C(F)(F)C(F)(F)F.O=S(=O)([O-])C(F)(F)C(F)(F)C(F)(F)C(F)(F)C(F)(F)C(F)(F)C(F)(F)C(F)(F)F.O=S(=O)([O-])C(F)(F)C(F)(F)C(F)(F)C(F)(F)C(F)(F)C(F)(F)C(F)(F)C(F)(F)F.[Yb+3]. The van der Waals surface area contributed by atoms with E-state index < -0.39 is 171 Å². The molecule has 9 nitrogen and oxygen atoms in total. The third-order valence-electron chi connectivity index (χ3n) is 9.02. The molecule has 0 aromatic carbocycles. The molecular weight excluding hydrogens is 1670 g/mol. The van der Waals surface area contributed by atoms with Crippen molar-refractivity contribution in [2.24, 2.45) is 0 Å². The Morgan fingerprint density at radius 1 is 0.148 bits per heavy atom. The minimum atomic E-state index is -8.92. The van der Waals surface area contributed by atoms with E-state index in [1.807, 2.05) is 0 Å². The first-order valence-electron chi connectivity index (χ1n) is 17.0. The van der Waals surface area contributed by atoms with Crippen LogP contribution < -0.4 is 0 Å². The van der Waals surface area contributed by atoms with Crippen LogP contribution in [0.3, 0.4) is 0 Å². The van der Waals surface area contributed by atoms with Crippen molar-refractivity contribution in [1.29, 1.82) is 0 Å². The zero-order valence-corrected chi connectivity index (χ0v) is 40.6. The molecule has 539 valence electrons. The fourth-order valence-corrected chi connectivity index (χ4v) is 5.25. The van der Waals surface area contributed by atoms with Gasteiger partial charge in [-0.05, 0) is 0 Å². The Kier molecular flexibility index (Phi) is 24.3. The third kappa shape index (κ3) is 12.5. The molecule has 1 radical (unpaired) electrons. The van der Waals surface area contributed by atoms with Crippen molar-refractivity contribution in [3.8, 4) is 0 Å². The third-order valence-corrected chi connectivity index (χ3v) is 11.7. The van der Waals surface area contributed by atoms with Gasteiger partial charge in [0, 0.05) is 0 Å². The summed E-state index contributed by atoms with van der Waals surface area (Å²) in [6.45, 7) is 0. The van der Waals surface area contributed by atoms with Crippen molar-refractivity contribution in [1.82, 2.24) is 0 Å². The summed E-state index contributed by atoms with van der Waals surface area (Å²) in [4.78, 5) is 0. The van der Waals surface area contributed by atoms with Gasteiger partial charge in [0.1, 0.15) is 0 Å². The molecule has 0 aromatic rings. The molecule has 0 fully saturated rings. The van der Waals surface area contributed by atoms with Crippen molar-refractivity contribution in [3.05, 3.63) is 0 Å². The van der Waals surface area contributed by atoms with Crippen molar-refractivity contribution in [2.75, 3.05) is 0 Å². The van der Waals surface area contributed by atoms with Crippen LogP contribution in [0.2, 0.25) is 0 Å². The fraction of sp³-hybridized carbons (Fsp3) is 1.00. The second-order valence-electron chi connectivity index (χ2n) is 14.7. The van der Waals surface area contributed by atoms with Crippen LogP contribution in [-0.4, -0.2) is 180 Å². The van der Waals surface area contributed by atoms with Crippen LogP contribution in [0.1, 0.15) is 0 Å². The smallest absolute Gasteiger partial charge is 0.743 e. The molecule has 0 aliphatic carbocycles. The summed E-state index contributed by atoms with van der Waals surface area (Å²) < 4.78 is 732. The maximum atomic E-state index is 13.0. The zero-order valence-electron chi connectivity index (χ0n) is 36.4. The van der Waals surface area contributed by atoms with Gasteiger partial charge < -0.3 is 13.7 Å². The molecule has 0 aliphatic rings. The summed E-state index contributed by atoms with van der Waals surface area (Å²) in [6, 6.07) is 0. The molecule has 0 heterocycles. The maximum absolute atomic E-state index is 13.0. The molecule has 64 heteroatoms. The average molecular weight is 1670 g/mol. The normalized spacial score (nSPS) is 16.7. The van der Waals surface area contributed by atoms with Crippen LogP contribution >= 0.6 is 0 Å². The van der Waals surface area contributed by atoms with Crippen LogP contribution in [0.4, 0.5) is 224 Å². The number of halogens is 51. The second kappa shape index (κ2) is 23.3. The Morgan fingerprint density at radius 3 is 0.284 bits per heavy atom. The van der Waals surface area contributed by atoms with E-state index in [1.54, 1.807) is 0 Å². The first kappa shape index (κ1) is 92.1. The van der Waals surface area contributed by atoms with Crippen LogP contribution in [0, 0.1) is 46.9 Å². The Labute approximate surface area is 479 Å². The van der Waals surface area contributed by atoms with Gasteiger partial charge in [0.15, 0.2) is 30.4 Å². The fourth-order valence-electron chi connectivity index (χ4n) is 3.92. The summed E-state index contributed by atoms with van der Waals surface area (Å²) in [5.74, 6) is -156. The molecule has 0 saturated carbocycles. The quantitative estimate of drug-likeness (QED) is 0.0801. The topological polar surface area (TPSA) is 172 Å². The van der Waals surface area contributed by atoms with Crippen LogP contribution in [0.25, 0.3) is 0 Å². The van der Waals surface area contributed by atoms with Gasteiger partial charge in [0.2, 0.25) is 0 Å². The maximum Gasteiger partial charge on any atom is 3.00 e. The second-order valence-corrected chi connectivity index (χ2v) is 19.0. The van der Waals surface area contributed by atoms with Crippen LogP contribution in [-0.2, 0) is 30.4 Å². The molecule has 0 aromatic heterocycles. The first-order chi connectivity index (χ1) is 36.0. The largest absolute Gasteiger partial charge is 3.00 e. The predicted molar refractivity (Wildman–Crippen MR) is 151 cm³/mol. The Hall–Kier alpha value is -2.32. The number of hydrogen-bond acceptors (Lipinski definition) is 9. The van der Waals surface area contributed by atoms with E-state index in [1.165, 1.54) is 0 Å². The minimum absolute atomic E-state index is 0. The molecule has 0 saturated heterocycles. The van der Waals surface area contributed by atoms with Gasteiger partial charge in [0.25, 0.3) is 0 Å². The van der Waals surface area contributed by atoms with Gasteiger partial charge in [-0.15, -0.1) is 0 Å². The Balaban J connectivity index is -0.000000598. The van der Waals surface area contributed by atoms with Crippen molar-refractivity contribution < 1.29 is 310 Å². The van der Waals surface area contributed by atoms with Crippen LogP contribution in [0.5, 0.6) is 0 Å².